The first-order valence-electron chi connectivity index (χ1n) is 11.3. The Labute approximate surface area is 190 Å². The quantitative estimate of drug-likeness (QED) is 0.217. The van der Waals surface area contributed by atoms with Gasteiger partial charge < -0.3 is 0 Å². The molecule has 4 rings (SSSR count). The molecule has 3 unspecified atom stereocenters. The minimum Gasteiger partial charge on any atom is -0.137 e. The molecule has 3 atom stereocenters. The van der Waals surface area contributed by atoms with Crippen molar-refractivity contribution in [1.29, 1.82) is 0 Å². The summed E-state index contributed by atoms with van der Waals surface area (Å²) in [7, 11) is 0. The van der Waals surface area contributed by atoms with E-state index in [2.05, 4.69) is 109 Å². The van der Waals surface area contributed by atoms with Gasteiger partial charge in [-0.05, 0) is 53.7 Å². The zero-order valence-electron chi connectivity index (χ0n) is 18.4. The molecule has 0 amide bonds. The van der Waals surface area contributed by atoms with Crippen molar-refractivity contribution in [3.05, 3.63) is 113 Å². The molecule has 3 aromatic rings. The van der Waals surface area contributed by atoms with Crippen molar-refractivity contribution >= 4 is 11.9 Å². The fourth-order valence-electron chi connectivity index (χ4n) is 5.80. The lowest BCUT2D eigenvalue weighted by Crippen LogP contribution is -2.43. The van der Waals surface area contributed by atoms with Gasteiger partial charge >= 0.3 is 0 Å². The highest BCUT2D eigenvalue weighted by atomic mass is 32.2. The van der Waals surface area contributed by atoms with Crippen LogP contribution >= 0.6 is 11.9 Å². The molecule has 0 aromatic heterocycles. The lowest BCUT2D eigenvalue weighted by atomic mass is 9.57. The standard InChI is InChI=1S/C28H31NOS/c1-21(2)26-19-18-25(20-27(26)31-29-30)28(22-12-6-3-7-13-22,23-14-8-4-9-15-23)24-16-10-5-11-17-24/h3-17,21,25-27H,18-20H2,1-2H3. The fraction of sp³-hybridized carbons (Fsp3) is 0.357. The summed E-state index contributed by atoms with van der Waals surface area (Å²) >= 11 is 1.26. The van der Waals surface area contributed by atoms with Crippen LogP contribution in [-0.2, 0) is 5.41 Å². The summed E-state index contributed by atoms with van der Waals surface area (Å²) in [6.45, 7) is 4.56. The van der Waals surface area contributed by atoms with Gasteiger partial charge in [0.05, 0.1) is 0 Å². The first-order chi connectivity index (χ1) is 15.2. The van der Waals surface area contributed by atoms with Crippen molar-refractivity contribution in [3.63, 3.8) is 0 Å². The van der Waals surface area contributed by atoms with E-state index in [1.54, 1.807) is 0 Å². The van der Waals surface area contributed by atoms with Gasteiger partial charge in [0.25, 0.3) is 0 Å². The van der Waals surface area contributed by atoms with E-state index < -0.39 is 0 Å². The van der Waals surface area contributed by atoms with E-state index >= 15 is 0 Å². The maximum atomic E-state index is 11.3. The maximum absolute atomic E-state index is 11.3. The second-order valence-corrected chi connectivity index (χ2v) is 10.0. The lowest BCUT2D eigenvalue weighted by Gasteiger charge is -2.48. The van der Waals surface area contributed by atoms with E-state index in [9.17, 15) is 4.91 Å². The Bertz CT molecular complexity index is 861. The molecule has 0 bridgehead atoms. The van der Waals surface area contributed by atoms with Crippen LogP contribution in [0.2, 0.25) is 0 Å². The predicted molar refractivity (Wildman–Crippen MR) is 132 cm³/mol. The van der Waals surface area contributed by atoms with Gasteiger partial charge in [-0.3, -0.25) is 0 Å². The number of rotatable bonds is 7. The van der Waals surface area contributed by atoms with E-state index in [0.29, 0.717) is 17.8 Å². The predicted octanol–water partition coefficient (Wildman–Crippen LogP) is 7.88. The molecule has 0 N–H and O–H groups in total. The molecule has 1 aliphatic rings. The highest BCUT2D eigenvalue weighted by Gasteiger charge is 2.47. The maximum Gasteiger partial charge on any atom is 0.0479 e. The molecule has 2 nitrogen and oxygen atoms in total. The molecule has 0 spiro atoms. The largest absolute Gasteiger partial charge is 0.137 e. The molecule has 1 aliphatic carbocycles. The highest BCUT2D eigenvalue weighted by molar-refractivity contribution is 7.98. The Hall–Kier alpha value is -2.39. The number of nitroso groups, excluding NO2 is 1. The van der Waals surface area contributed by atoms with Crippen molar-refractivity contribution in [2.75, 3.05) is 0 Å². The first kappa shape index (κ1) is 21.8. The van der Waals surface area contributed by atoms with Crippen LogP contribution in [0.3, 0.4) is 0 Å². The van der Waals surface area contributed by atoms with Gasteiger partial charge in [0.1, 0.15) is 0 Å². The monoisotopic (exact) mass is 429 g/mol. The molecule has 0 heterocycles. The van der Waals surface area contributed by atoms with Crippen molar-refractivity contribution in [3.8, 4) is 0 Å². The number of hydrogen-bond acceptors (Lipinski definition) is 3. The molecule has 160 valence electrons. The van der Waals surface area contributed by atoms with Crippen molar-refractivity contribution in [2.24, 2.45) is 22.3 Å². The van der Waals surface area contributed by atoms with Gasteiger partial charge in [-0.25, -0.2) is 0 Å². The summed E-state index contributed by atoms with van der Waals surface area (Å²) < 4.78 is 3.29. The van der Waals surface area contributed by atoms with Crippen LogP contribution in [0, 0.1) is 22.7 Å². The Morgan fingerprint density at radius 1 is 0.774 bits per heavy atom. The van der Waals surface area contributed by atoms with E-state index in [1.807, 2.05) is 0 Å². The van der Waals surface area contributed by atoms with Crippen molar-refractivity contribution in [1.82, 2.24) is 0 Å². The van der Waals surface area contributed by atoms with Gasteiger partial charge in [0, 0.05) is 27.2 Å². The summed E-state index contributed by atoms with van der Waals surface area (Å²) in [5, 5.41) is 0.256. The molecule has 3 aromatic carbocycles. The number of hydrogen-bond donors (Lipinski definition) is 0. The molecule has 31 heavy (non-hydrogen) atoms. The molecule has 1 fully saturated rings. The van der Waals surface area contributed by atoms with E-state index in [-0.39, 0.29) is 10.7 Å². The van der Waals surface area contributed by atoms with Gasteiger partial charge in [-0.2, -0.15) is 0 Å². The van der Waals surface area contributed by atoms with Crippen molar-refractivity contribution < 1.29 is 0 Å². The van der Waals surface area contributed by atoms with Gasteiger partial charge in [0.15, 0.2) is 0 Å². The number of benzene rings is 3. The summed E-state index contributed by atoms with van der Waals surface area (Å²) in [4.78, 5) is 11.3. The molecule has 3 heteroatoms. The minimum absolute atomic E-state index is 0.256. The van der Waals surface area contributed by atoms with E-state index in [4.69, 9.17) is 0 Å². The van der Waals surface area contributed by atoms with Crippen LogP contribution in [0.4, 0.5) is 0 Å². The molecule has 0 saturated heterocycles. The lowest BCUT2D eigenvalue weighted by molar-refractivity contribution is 0.193. The zero-order chi connectivity index (χ0) is 21.7. The second kappa shape index (κ2) is 9.82. The van der Waals surface area contributed by atoms with Crippen LogP contribution in [0.25, 0.3) is 0 Å². The minimum atomic E-state index is -0.257. The fourth-order valence-corrected chi connectivity index (χ4v) is 6.83. The van der Waals surface area contributed by atoms with Crippen molar-refractivity contribution in [2.45, 2.75) is 43.8 Å². The first-order valence-corrected chi connectivity index (χ1v) is 12.2. The molecule has 0 aliphatic heterocycles. The van der Waals surface area contributed by atoms with Crippen LogP contribution in [0.1, 0.15) is 49.8 Å². The third kappa shape index (κ3) is 4.21. The number of nitrogens with zero attached hydrogens (tertiary/aromatic N) is 1. The Balaban J connectivity index is 1.91. The normalized spacial score (nSPS) is 21.7. The second-order valence-electron chi connectivity index (χ2n) is 9.04. The SMILES string of the molecule is CC(C)C1CCC(C(c2ccccc2)(c2ccccc2)c2ccccc2)CC1SN=O. The van der Waals surface area contributed by atoms with Gasteiger partial charge in [-0.1, -0.05) is 105 Å². The topological polar surface area (TPSA) is 29.4 Å². The summed E-state index contributed by atoms with van der Waals surface area (Å²) in [5.41, 5.74) is 3.71. The van der Waals surface area contributed by atoms with Crippen LogP contribution in [0.15, 0.2) is 95.6 Å². The Kier molecular flexibility index (Phi) is 6.92. The average Bonchev–Trinajstić information content (AvgIpc) is 2.82. The summed E-state index contributed by atoms with van der Waals surface area (Å²) in [6, 6.07) is 32.8. The van der Waals surface area contributed by atoms with Crippen LogP contribution < -0.4 is 0 Å². The van der Waals surface area contributed by atoms with Crippen LogP contribution in [0.5, 0.6) is 0 Å². The molecule has 1 saturated carbocycles. The molecule has 0 radical (unpaired) electrons. The van der Waals surface area contributed by atoms with Crippen LogP contribution in [-0.4, -0.2) is 5.25 Å². The third-order valence-corrected chi connectivity index (χ3v) is 8.08. The molecular weight excluding hydrogens is 398 g/mol. The Morgan fingerprint density at radius 3 is 1.61 bits per heavy atom. The molecular formula is C28H31NOS. The van der Waals surface area contributed by atoms with Gasteiger partial charge in [0.2, 0.25) is 0 Å². The zero-order valence-corrected chi connectivity index (χ0v) is 19.2. The van der Waals surface area contributed by atoms with Gasteiger partial charge in [-0.15, -0.1) is 4.91 Å². The Morgan fingerprint density at radius 2 is 1.23 bits per heavy atom. The summed E-state index contributed by atoms with van der Waals surface area (Å²) in [5.74, 6) is 1.47. The average molecular weight is 430 g/mol. The summed E-state index contributed by atoms with van der Waals surface area (Å²) in [6.07, 6.45) is 3.25. The van der Waals surface area contributed by atoms with E-state index in [0.717, 1.165) is 19.3 Å². The third-order valence-electron chi connectivity index (χ3n) is 7.18. The van der Waals surface area contributed by atoms with E-state index in [1.165, 1.54) is 28.6 Å². The highest BCUT2D eigenvalue weighted by Crippen LogP contribution is 2.53. The smallest absolute Gasteiger partial charge is 0.0479 e.